The summed E-state index contributed by atoms with van der Waals surface area (Å²) >= 11 is 0. The van der Waals surface area contributed by atoms with Crippen LogP contribution in [0.25, 0.3) is 10.9 Å². The van der Waals surface area contributed by atoms with Gasteiger partial charge < -0.3 is 23.9 Å². The summed E-state index contributed by atoms with van der Waals surface area (Å²) in [5.74, 6) is 1.78. The van der Waals surface area contributed by atoms with Gasteiger partial charge in [-0.3, -0.25) is 0 Å². The minimum atomic E-state index is -0.259. The third-order valence-corrected chi connectivity index (χ3v) is 4.43. The Morgan fingerprint density at radius 2 is 1.52 bits per heavy atom. The summed E-state index contributed by atoms with van der Waals surface area (Å²) in [6.45, 7) is 2.05. The molecule has 0 saturated heterocycles. The van der Waals surface area contributed by atoms with Gasteiger partial charge in [0.25, 0.3) is 0 Å². The smallest absolute Gasteiger partial charge is 0.203 e. The largest absolute Gasteiger partial charge is 0.493 e. The van der Waals surface area contributed by atoms with Crippen molar-refractivity contribution in [1.82, 2.24) is 4.98 Å². The van der Waals surface area contributed by atoms with Crippen molar-refractivity contribution in [2.24, 2.45) is 0 Å². The zero-order chi connectivity index (χ0) is 18.0. The first-order valence-corrected chi connectivity index (χ1v) is 8.04. The van der Waals surface area contributed by atoms with Gasteiger partial charge in [0.1, 0.15) is 6.10 Å². The second kappa shape index (κ2) is 7.07. The third kappa shape index (κ3) is 2.91. The van der Waals surface area contributed by atoms with Gasteiger partial charge in [-0.15, -0.1) is 0 Å². The summed E-state index contributed by atoms with van der Waals surface area (Å²) < 4.78 is 22.2. The fourth-order valence-corrected chi connectivity index (χ4v) is 3.31. The number of rotatable bonds is 6. The number of hydrogen-bond acceptors (Lipinski definition) is 4. The van der Waals surface area contributed by atoms with Crippen LogP contribution in [-0.4, -0.2) is 33.4 Å². The van der Waals surface area contributed by atoms with E-state index in [1.165, 1.54) is 0 Å². The summed E-state index contributed by atoms with van der Waals surface area (Å²) in [6, 6.07) is 12.1. The molecule has 0 radical (unpaired) electrons. The fourth-order valence-electron chi connectivity index (χ4n) is 3.31. The first-order chi connectivity index (χ1) is 12.1. The van der Waals surface area contributed by atoms with E-state index < -0.39 is 0 Å². The molecule has 0 aliphatic heterocycles. The second-order valence-corrected chi connectivity index (χ2v) is 5.78. The highest BCUT2D eigenvalue weighted by atomic mass is 16.5. The minimum absolute atomic E-state index is 0.259. The lowest BCUT2D eigenvalue weighted by Gasteiger charge is -2.20. The Morgan fingerprint density at radius 3 is 2.08 bits per heavy atom. The van der Waals surface area contributed by atoms with Crippen LogP contribution in [0, 0.1) is 6.92 Å². The van der Waals surface area contributed by atoms with Crippen LogP contribution in [0.15, 0.2) is 36.4 Å². The number of fused-ring (bicyclic) bond motifs is 1. The van der Waals surface area contributed by atoms with E-state index in [-0.39, 0.29) is 6.10 Å². The Morgan fingerprint density at radius 1 is 0.880 bits per heavy atom. The Balaban J connectivity index is 2.20. The van der Waals surface area contributed by atoms with Crippen molar-refractivity contribution in [3.05, 3.63) is 53.2 Å². The van der Waals surface area contributed by atoms with Crippen molar-refractivity contribution in [3.63, 3.8) is 0 Å². The van der Waals surface area contributed by atoms with Crippen molar-refractivity contribution in [3.8, 4) is 17.2 Å². The van der Waals surface area contributed by atoms with E-state index in [1.54, 1.807) is 28.4 Å². The fraction of sp³-hybridized carbons (Fsp3) is 0.300. The summed E-state index contributed by atoms with van der Waals surface area (Å²) in [4.78, 5) is 3.42. The van der Waals surface area contributed by atoms with Crippen LogP contribution >= 0.6 is 0 Å². The molecule has 25 heavy (non-hydrogen) atoms. The molecule has 0 amide bonds. The maximum Gasteiger partial charge on any atom is 0.203 e. The molecule has 0 saturated carbocycles. The monoisotopic (exact) mass is 341 g/mol. The van der Waals surface area contributed by atoms with Gasteiger partial charge in [-0.1, -0.05) is 18.2 Å². The predicted molar refractivity (Wildman–Crippen MR) is 98.0 cm³/mol. The van der Waals surface area contributed by atoms with Crippen LogP contribution in [-0.2, 0) is 4.74 Å². The highest BCUT2D eigenvalue weighted by Crippen LogP contribution is 2.43. The molecule has 1 aromatic heterocycles. The minimum Gasteiger partial charge on any atom is -0.493 e. The Hall–Kier alpha value is -2.66. The highest BCUT2D eigenvalue weighted by Gasteiger charge is 2.24. The molecule has 5 nitrogen and oxygen atoms in total. The average molecular weight is 341 g/mol. The molecule has 3 aromatic rings. The number of H-pyrrole nitrogens is 1. The van der Waals surface area contributed by atoms with Crippen LogP contribution in [0.5, 0.6) is 17.2 Å². The van der Waals surface area contributed by atoms with E-state index in [1.807, 2.05) is 24.3 Å². The molecule has 0 spiro atoms. The van der Waals surface area contributed by atoms with Gasteiger partial charge in [0.05, 0.1) is 21.3 Å². The van der Waals surface area contributed by atoms with Crippen molar-refractivity contribution in [2.75, 3.05) is 28.4 Å². The molecule has 3 rings (SSSR count). The van der Waals surface area contributed by atoms with Gasteiger partial charge in [-0.2, -0.15) is 0 Å². The van der Waals surface area contributed by atoms with E-state index in [9.17, 15) is 0 Å². The van der Waals surface area contributed by atoms with Crippen LogP contribution < -0.4 is 14.2 Å². The van der Waals surface area contributed by atoms with E-state index in [4.69, 9.17) is 18.9 Å². The van der Waals surface area contributed by atoms with E-state index in [2.05, 4.69) is 24.0 Å². The number of hydrogen-bond donors (Lipinski definition) is 1. The molecular formula is C20H23NO4. The van der Waals surface area contributed by atoms with Gasteiger partial charge in [-0.05, 0) is 30.7 Å². The lowest BCUT2D eigenvalue weighted by atomic mass is 9.97. The Labute approximate surface area is 147 Å². The lowest BCUT2D eigenvalue weighted by molar-refractivity contribution is 0.136. The van der Waals surface area contributed by atoms with Crippen molar-refractivity contribution in [1.29, 1.82) is 0 Å². The molecule has 0 bridgehead atoms. The molecule has 0 fully saturated rings. The number of aromatic nitrogens is 1. The number of aromatic amines is 1. The number of methoxy groups -OCH3 is 4. The number of ether oxygens (including phenoxy) is 4. The molecule has 1 atom stereocenters. The summed E-state index contributed by atoms with van der Waals surface area (Å²) in [5.41, 5.74) is 4.20. The summed E-state index contributed by atoms with van der Waals surface area (Å²) in [5, 5.41) is 1.14. The van der Waals surface area contributed by atoms with Gasteiger partial charge in [0.2, 0.25) is 5.75 Å². The molecule has 1 N–H and O–H groups in total. The quantitative estimate of drug-likeness (QED) is 0.729. The Kier molecular flexibility index (Phi) is 4.86. The maximum absolute atomic E-state index is 5.87. The van der Waals surface area contributed by atoms with E-state index in [0.29, 0.717) is 17.2 Å². The Bertz CT molecular complexity index is 860. The lowest BCUT2D eigenvalue weighted by Crippen LogP contribution is -2.06. The van der Waals surface area contributed by atoms with Crippen LogP contribution in [0.4, 0.5) is 0 Å². The van der Waals surface area contributed by atoms with Gasteiger partial charge in [0, 0.05) is 29.3 Å². The number of nitrogens with one attached hydrogen (secondary N) is 1. The zero-order valence-corrected chi connectivity index (χ0v) is 15.2. The standard InChI is InChI=1S/C20H23NO4/c1-12-18(14-8-6-7-9-15(14)21-12)19(24-4)13-10-16(22-2)20(25-5)17(11-13)23-3/h6-11,19,21H,1-5H3/t19-/m1/s1. The highest BCUT2D eigenvalue weighted by molar-refractivity contribution is 5.85. The van der Waals surface area contributed by atoms with Crippen LogP contribution in [0.2, 0.25) is 0 Å². The number of benzene rings is 2. The molecule has 0 aliphatic carbocycles. The normalized spacial score (nSPS) is 12.2. The predicted octanol–water partition coefficient (Wildman–Crippen LogP) is 4.24. The van der Waals surface area contributed by atoms with Crippen LogP contribution in [0.3, 0.4) is 0 Å². The molecule has 132 valence electrons. The SMILES string of the molecule is COc1cc([C@@H](OC)c2c(C)[nH]c3ccccc23)cc(OC)c1OC. The second-order valence-electron chi connectivity index (χ2n) is 5.78. The maximum atomic E-state index is 5.87. The zero-order valence-electron chi connectivity index (χ0n) is 15.2. The molecular weight excluding hydrogens is 318 g/mol. The van der Waals surface area contributed by atoms with Gasteiger partial charge in [0.15, 0.2) is 11.5 Å². The van der Waals surface area contributed by atoms with Crippen LogP contribution in [0.1, 0.15) is 22.9 Å². The van der Waals surface area contributed by atoms with Crippen molar-refractivity contribution in [2.45, 2.75) is 13.0 Å². The number of para-hydroxylation sites is 1. The average Bonchev–Trinajstić information content (AvgIpc) is 2.97. The van der Waals surface area contributed by atoms with Crippen molar-refractivity contribution < 1.29 is 18.9 Å². The molecule has 0 unspecified atom stereocenters. The topological polar surface area (TPSA) is 52.7 Å². The van der Waals surface area contributed by atoms with E-state index in [0.717, 1.165) is 27.7 Å². The molecule has 0 aliphatic rings. The molecule has 5 heteroatoms. The number of aryl methyl sites for hydroxylation is 1. The van der Waals surface area contributed by atoms with E-state index >= 15 is 0 Å². The molecule has 1 heterocycles. The summed E-state index contributed by atoms with van der Waals surface area (Å²) in [6.07, 6.45) is -0.259. The first kappa shape index (κ1) is 17.2. The third-order valence-electron chi connectivity index (χ3n) is 4.43. The molecule has 2 aromatic carbocycles. The first-order valence-electron chi connectivity index (χ1n) is 8.04. The van der Waals surface area contributed by atoms with Crippen molar-refractivity contribution >= 4 is 10.9 Å². The van der Waals surface area contributed by atoms with Gasteiger partial charge >= 0.3 is 0 Å². The summed E-state index contributed by atoms with van der Waals surface area (Å²) in [7, 11) is 6.52. The van der Waals surface area contributed by atoms with Gasteiger partial charge in [-0.25, -0.2) is 0 Å².